The molecule has 0 fully saturated rings. The fourth-order valence-electron chi connectivity index (χ4n) is 0.849. The highest BCUT2D eigenvalue weighted by Gasteiger charge is 2.03. The predicted molar refractivity (Wildman–Crippen MR) is 64.6 cm³/mol. The van der Waals surface area contributed by atoms with Gasteiger partial charge < -0.3 is 14.8 Å². The summed E-state index contributed by atoms with van der Waals surface area (Å²) in [5, 5.41) is 5.25. The van der Waals surface area contributed by atoms with Crippen LogP contribution in [-0.4, -0.2) is 51.4 Å². The minimum absolute atomic E-state index is 0.0237. The van der Waals surface area contributed by atoms with E-state index in [4.69, 9.17) is 5.73 Å². The van der Waals surface area contributed by atoms with Gasteiger partial charge in [0.15, 0.2) is 6.54 Å². The van der Waals surface area contributed by atoms with E-state index >= 15 is 0 Å². The van der Waals surface area contributed by atoms with Crippen LogP contribution < -0.4 is 21.4 Å². The van der Waals surface area contributed by atoms with E-state index in [1.165, 1.54) is 13.2 Å². The maximum absolute atomic E-state index is 11.0. The maximum Gasteiger partial charge on any atom is 0.407 e. The third-order valence-corrected chi connectivity index (χ3v) is 1.69. The van der Waals surface area contributed by atoms with Gasteiger partial charge in [0.2, 0.25) is 0 Å². The largest absolute Gasteiger partial charge is 0.467 e. The molecule has 0 radical (unpaired) electrons. The number of ether oxygens (including phenoxy) is 2. The van der Waals surface area contributed by atoms with Crippen molar-refractivity contribution in [1.82, 2.24) is 10.6 Å². The van der Waals surface area contributed by atoms with Crippen molar-refractivity contribution in [2.45, 2.75) is 0 Å². The number of hydrogen-bond acceptors (Lipinski definition) is 4. The molecule has 0 atom stereocenters. The average Bonchev–Trinajstić information content (AvgIpc) is 2.38. The van der Waals surface area contributed by atoms with Crippen molar-refractivity contribution in [3.05, 3.63) is 12.7 Å². The molecule has 0 aromatic carbocycles. The molecule has 0 bridgehead atoms. The van der Waals surface area contributed by atoms with Crippen LogP contribution in [0.2, 0.25) is 0 Å². The minimum Gasteiger partial charge on any atom is -0.467 e. The number of methoxy groups -OCH3 is 1. The van der Waals surface area contributed by atoms with Crippen LogP contribution in [0.15, 0.2) is 12.7 Å². The van der Waals surface area contributed by atoms with Crippen LogP contribution in [-0.2, 0) is 14.3 Å². The Balaban J connectivity index is 3.61. The van der Waals surface area contributed by atoms with Crippen molar-refractivity contribution in [3.8, 4) is 0 Å². The van der Waals surface area contributed by atoms with Gasteiger partial charge in [0.05, 0.1) is 20.2 Å². The molecular weight excluding hydrogens is 240 g/mol. The monoisotopic (exact) mass is 259 g/mol. The molecule has 0 aromatic rings. The zero-order valence-corrected chi connectivity index (χ0v) is 10.3. The molecule has 0 aliphatic rings. The van der Waals surface area contributed by atoms with Crippen LogP contribution in [0.5, 0.6) is 0 Å². The van der Waals surface area contributed by atoms with Crippen molar-refractivity contribution in [2.75, 3.05) is 33.4 Å². The molecule has 0 spiro atoms. The summed E-state index contributed by atoms with van der Waals surface area (Å²) in [6.07, 6.45) is 0.943. The van der Waals surface area contributed by atoms with Crippen molar-refractivity contribution in [3.63, 3.8) is 0 Å². The van der Waals surface area contributed by atoms with Gasteiger partial charge in [-0.05, 0) is 0 Å². The first-order chi connectivity index (χ1) is 8.60. The number of guanidine groups is 1. The summed E-state index contributed by atoms with van der Waals surface area (Å²) in [5.41, 5.74) is 5.50. The predicted octanol–water partition coefficient (Wildman–Crippen LogP) is -2.94. The van der Waals surface area contributed by atoms with Crippen LogP contribution in [0.1, 0.15) is 0 Å². The van der Waals surface area contributed by atoms with Gasteiger partial charge >= 0.3 is 18.0 Å². The van der Waals surface area contributed by atoms with Crippen LogP contribution >= 0.6 is 0 Å². The van der Waals surface area contributed by atoms with Gasteiger partial charge in [0.25, 0.3) is 0 Å². The van der Waals surface area contributed by atoms with Crippen LogP contribution in [0.3, 0.4) is 0 Å². The molecule has 8 heteroatoms. The molecule has 0 aromatic heterocycles. The Bertz CT molecular complexity index is 317. The molecule has 5 N–H and O–H groups in total. The zero-order chi connectivity index (χ0) is 13.8. The number of nitrogens with two attached hydrogens (primary N) is 1. The molecule has 0 saturated heterocycles. The lowest BCUT2D eigenvalue weighted by molar-refractivity contribution is -0.450. The standard InChI is InChI=1S/C10H18N4O4/c1-3-6-18-10(16)13-5-4-12-9(11)14-7-8(15)17-2/h3H,1,4-7H2,2H3,(H,13,16)(H3,11,12,14)/p+1. The third-order valence-electron chi connectivity index (χ3n) is 1.69. The van der Waals surface area contributed by atoms with E-state index in [1.54, 1.807) is 0 Å². The lowest BCUT2D eigenvalue weighted by Crippen LogP contribution is -2.80. The van der Waals surface area contributed by atoms with Crippen LogP contribution in [0.4, 0.5) is 4.79 Å². The van der Waals surface area contributed by atoms with E-state index in [9.17, 15) is 9.59 Å². The summed E-state index contributed by atoms with van der Waals surface area (Å²) in [7, 11) is 1.28. The second kappa shape index (κ2) is 9.94. The van der Waals surface area contributed by atoms with E-state index in [2.05, 4.69) is 31.7 Å². The summed E-state index contributed by atoms with van der Waals surface area (Å²) >= 11 is 0. The van der Waals surface area contributed by atoms with Gasteiger partial charge in [0, 0.05) is 0 Å². The molecule has 18 heavy (non-hydrogen) atoms. The molecule has 0 aliphatic carbocycles. The second-order valence-electron chi connectivity index (χ2n) is 3.08. The van der Waals surface area contributed by atoms with E-state index in [1.807, 2.05) is 0 Å². The van der Waals surface area contributed by atoms with Gasteiger partial charge in [0.1, 0.15) is 6.61 Å². The van der Waals surface area contributed by atoms with Gasteiger partial charge in [-0.25, -0.2) is 9.59 Å². The first kappa shape index (κ1) is 15.8. The number of carbonyl (C=O) groups is 2. The second-order valence-corrected chi connectivity index (χ2v) is 3.08. The Kier molecular flexibility index (Phi) is 8.70. The summed E-state index contributed by atoms with van der Waals surface area (Å²) in [5.74, 6) is -0.201. The van der Waals surface area contributed by atoms with E-state index in [0.717, 1.165) is 0 Å². The van der Waals surface area contributed by atoms with Crippen LogP contribution in [0.25, 0.3) is 0 Å². The van der Waals surface area contributed by atoms with Gasteiger partial charge in [-0.2, -0.15) is 0 Å². The van der Waals surface area contributed by atoms with E-state index in [0.29, 0.717) is 13.1 Å². The summed E-state index contributed by atoms with van der Waals surface area (Å²) in [6, 6.07) is 0. The highest BCUT2D eigenvalue weighted by Crippen LogP contribution is 1.76. The first-order valence-electron chi connectivity index (χ1n) is 5.28. The number of carbonyl (C=O) groups excluding carboxylic acids is 2. The summed E-state index contributed by atoms with van der Waals surface area (Å²) in [6.45, 7) is 4.27. The number of esters is 1. The number of alkyl carbamates (subject to hydrolysis) is 1. The fourth-order valence-corrected chi connectivity index (χ4v) is 0.849. The normalized spacial score (nSPS) is 10.4. The molecule has 0 heterocycles. The number of hydrogen-bond donors (Lipinski definition) is 4. The molecular formula is C10H19N4O4+. The Labute approximate surface area is 105 Å². The van der Waals surface area contributed by atoms with Crippen molar-refractivity contribution < 1.29 is 24.1 Å². The highest BCUT2D eigenvalue weighted by atomic mass is 16.5. The number of nitrogens with one attached hydrogen (secondary N) is 3. The van der Waals surface area contributed by atoms with E-state index < -0.39 is 12.1 Å². The third kappa shape index (κ3) is 9.01. The molecule has 0 saturated carbocycles. The van der Waals surface area contributed by atoms with Crippen molar-refractivity contribution in [1.29, 1.82) is 0 Å². The molecule has 102 valence electrons. The Morgan fingerprint density at radius 1 is 1.39 bits per heavy atom. The SMILES string of the molecule is C=CCOC(=O)NCCNC(N)=[NH+]CC(=O)OC. The first-order valence-corrected chi connectivity index (χ1v) is 5.28. The molecule has 0 unspecified atom stereocenters. The van der Waals surface area contributed by atoms with Crippen LogP contribution in [0, 0.1) is 0 Å². The lowest BCUT2D eigenvalue weighted by Gasteiger charge is -2.04. The number of amides is 1. The van der Waals surface area contributed by atoms with Gasteiger partial charge in [-0.3, -0.25) is 16.0 Å². The highest BCUT2D eigenvalue weighted by molar-refractivity contribution is 5.74. The lowest BCUT2D eigenvalue weighted by atomic mass is 10.6. The Morgan fingerprint density at radius 2 is 2.06 bits per heavy atom. The quantitative estimate of drug-likeness (QED) is 0.128. The summed E-state index contributed by atoms with van der Waals surface area (Å²) in [4.78, 5) is 24.4. The topological polar surface area (TPSA) is 117 Å². The Hall–Kier alpha value is -2.25. The maximum atomic E-state index is 11.0. The zero-order valence-electron chi connectivity index (χ0n) is 10.3. The smallest absolute Gasteiger partial charge is 0.407 e. The van der Waals surface area contributed by atoms with Gasteiger partial charge in [-0.15, -0.1) is 0 Å². The van der Waals surface area contributed by atoms with Crippen molar-refractivity contribution in [2.24, 2.45) is 5.73 Å². The fraction of sp³-hybridized carbons (Fsp3) is 0.500. The molecule has 0 aliphatic heterocycles. The molecule has 0 rings (SSSR count). The molecule has 8 nitrogen and oxygen atoms in total. The van der Waals surface area contributed by atoms with Gasteiger partial charge in [-0.1, -0.05) is 12.7 Å². The minimum atomic E-state index is -0.530. The number of rotatable bonds is 7. The Morgan fingerprint density at radius 3 is 2.67 bits per heavy atom. The van der Waals surface area contributed by atoms with Crippen molar-refractivity contribution >= 4 is 18.0 Å². The summed E-state index contributed by atoms with van der Waals surface area (Å²) < 4.78 is 9.10. The average molecular weight is 259 g/mol. The molecule has 1 amide bonds. The van der Waals surface area contributed by atoms with E-state index in [-0.39, 0.29) is 19.1 Å².